The molecule has 1 N–H and O–H groups in total. The highest BCUT2D eigenvalue weighted by molar-refractivity contribution is 6.31. The molecule has 0 aliphatic heterocycles. The van der Waals surface area contributed by atoms with Crippen molar-refractivity contribution in [3.63, 3.8) is 0 Å². The van der Waals surface area contributed by atoms with Crippen LogP contribution in [0.3, 0.4) is 0 Å². The fraction of sp³-hybridized carbons (Fsp3) is 0.0667. The molecule has 3 rings (SSSR count). The highest BCUT2D eigenvalue weighted by Crippen LogP contribution is 2.18. The molecule has 0 spiro atoms. The zero-order valence-corrected chi connectivity index (χ0v) is 11.4. The molecular weight excluding hydrogens is 276 g/mol. The number of halogens is 1. The molecule has 0 aliphatic carbocycles. The molecule has 2 aromatic carbocycles. The van der Waals surface area contributed by atoms with Crippen LogP contribution >= 0.6 is 11.6 Å². The number of aromatic amines is 1. The monoisotopic (exact) mass is 286 g/mol. The van der Waals surface area contributed by atoms with Crippen molar-refractivity contribution in [3.8, 4) is 5.69 Å². The van der Waals surface area contributed by atoms with Gasteiger partial charge in [-0.2, -0.15) is 0 Å². The molecule has 20 heavy (non-hydrogen) atoms. The molecule has 0 saturated heterocycles. The third-order valence-electron chi connectivity index (χ3n) is 3.23. The minimum Gasteiger partial charge on any atom is -0.267 e. The van der Waals surface area contributed by atoms with Crippen molar-refractivity contribution in [3.05, 3.63) is 73.8 Å². The van der Waals surface area contributed by atoms with Gasteiger partial charge in [-0.05, 0) is 36.8 Å². The van der Waals surface area contributed by atoms with Gasteiger partial charge in [0.1, 0.15) is 0 Å². The maximum atomic E-state index is 12.4. The Morgan fingerprint density at radius 3 is 2.45 bits per heavy atom. The fourth-order valence-electron chi connectivity index (χ4n) is 2.10. The number of hydrogen-bond donors (Lipinski definition) is 1. The van der Waals surface area contributed by atoms with E-state index < -0.39 is 0 Å². The molecule has 100 valence electrons. The van der Waals surface area contributed by atoms with E-state index in [2.05, 4.69) is 5.10 Å². The van der Waals surface area contributed by atoms with E-state index >= 15 is 0 Å². The molecule has 0 amide bonds. The van der Waals surface area contributed by atoms with E-state index in [0.717, 1.165) is 5.56 Å². The predicted molar refractivity (Wildman–Crippen MR) is 79.9 cm³/mol. The number of rotatable bonds is 1. The van der Waals surface area contributed by atoms with Gasteiger partial charge in [0.25, 0.3) is 11.1 Å². The zero-order valence-electron chi connectivity index (χ0n) is 10.7. The first-order chi connectivity index (χ1) is 9.58. The zero-order chi connectivity index (χ0) is 14.3. The number of H-pyrrole nitrogens is 1. The van der Waals surface area contributed by atoms with E-state index in [1.165, 1.54) is 4.68 Å². The predicted octanol–water partition coefficient (Wildman–Crippen LogP) is 2.64. The van der Waals surface area contributed by atoms with Crippen molar-refractivity contribution in [1.82, 2.24) is 9.78 Å². The molecule has 4 nitrogen and oxygen atoms in total. The van der Waals surface area contributed by atoms with E-state index in [1.54, 1.807) is 42.5 Å². The SMILES string of the molecule is Cc1ccc(-n2[nH]c(=O)c3ccccc3c2=O)cc1Cl. The summed E-state index contributed by atoms with van der Waals surface area (Å²) < 4.78 is 1.22. The van der Waals surface area contributed by atoms with Gasteiger partial charge in [0.05, 0.1) is 16.5 Å². The maximum Gasteiger partial charge on any atom is 0.277 e. The Bertz CT molecular complexity index is 925. The van der Waals surface area contributed by atoms with E-state index in [0.29, 0.717) is 21.5 Å². The molecule has 1 heterocycles. The lowest BCUT2D eigenvalue weighted by molar-refractivity contribution is 0.801. The number of fused-ring (bicyclic) bond motifs is 1. The quantitative estimate of drug-likeness (QED) is 0.748. The third kappa shape index (κ3) is 1.94. The minimum absolute atomic E-state index is 0.278. The van der Waals surface area contributed by atoms with E-state index in [9.17, 15) is 9.59 Å². The molecule has 0 atom stereocenters. The van der Waals surface area contributed by atoms with Crippen molar-refractivity contribution < 1.29 is 0 Å². The lowest BCUT2D eigenvalue weighted by Crippen LogP contribution is -2.28. The van der Waals surface area contributed by atoms with Gasteiger partial charge in [-0.1, -0.05) is 29.8 Å². The fourth-order valence-corrected chi connectivity index (χ4v) is 2.28. The second kappa shape index (κ2) is 4.65. The highest BCUT2D eigenvalue weighted by Gasteiger charge is 2.08. The number of hydrogen-bond acceptors (Lipinski definition) is 2. The summed E-state index contributed by atoms with van der Waals surface area (Å²) in [5.74, 6) is 0. The molecule has 0 unspecified atom stereocenters. The summed E-state index contributed by atoms with van der Waals surface area (Å²) in [6, 6.07) is 11.9. The van der Waals surface area contributed by atoms with Crippen LogP contribution in [0.2, 0.25) is 5.02 Å². The summed E-state index contributed by atoms with van der Waals surface area (Å²) in [4.78, 5) is 24.5. The van der Waals surface area contributed by atoms with Gasteiger partial charge in [0, 0.05) is 5.02 Å². The Labute approximate surface area is 119 Å². The molecule has 0 aliphatic rings. The van der Waals surface area contributed by atoms with Gasteiger partial charge in [-0.25, -0.2) is 4.68 Å². The van der Waals surface area contributed by atoms with E-state index in [1.807, 2.05) is 6.92 Å². The van der Waals surface area contributed by atoms with Crippen LogP contribution in [0.15, 0.2) is 52.1 Å². The Balaban J connectivity index is 2.37. The first-order valence-electron chi connectivity index (χ1n) is 6.08. The van der Waals surface area contributed by atoms with Gasteiger partial charge in [-0.15, -0.1) is 0 Å². The third-order valence-corrected chi connectivity index (χ3v) is 3.64. The summed E-state index contributed by atoms with van der Waals surface area (Å²) >= 11 is 6.07. The van der Waals surface area contributed by atoms with Crippen LogP contribution in [0.1, 0.15) is 5.56 Å². The average molecular weight is 287 g/mol. The summed E-state index contributed by atoms with van der Waals surface area (Å²) in [6.45, 7) is 1.87. The molecule has 1 aromatic heterocycles. The molecule has 0 saturated carbocycles. The first kappa shape index (κ1) is 12.7. The lowest BCUT2D eigenvalue weighted by atomic mass is 10.2. The molecule has 5 heteroatoms. The Morgan fingerprint density at radius 2 is 1.75 bits per heavy atom. The molecular formula is C15H11ClN2O2. The van der Waals surface area contributed by atoms with Crippen molar-refractivity contribution in [2.24, 2.45) is 0 Å². The molecule has 0 fully saturated rings. The van der Waals surface area contributed by atoms with Gasteiger partial charge >= 0.3 is 0 Å². The van der Waals surface area contributed by atoms with Crippen molar-refractivity contribution in [2.75, 3.05) is 0 Å². The standard InChI is InChI=1S/C15H11ClN2O2/c1-9-6-7-10(8-13(9)16)18-15(20)12-5-3-2-4-11(12)14(19)17-18/h2-8H,1H3,(H,17,19). The van der Waals surface area contributed by atoms with Crippen LogP contribution in [0, 0.1) is 6.92 Å². The number of benzene rings is 2. The van der Waals surface area contributed by atoms with Gasteiger partial charge in [0.2, 0.25) is 0 Å². The van der Waals surface area contributed by atoms with Gasteiger partial charge < -0.3 is 0 Å². The summed E-state index contributed by atoms with van der Waals surface area (Å²) in [6.07, 6.45) is 0. The maximum absolute atomic E-state index is 12.4. The molecule has 3 aromatic rings. The largest absolute Gasteiger partial charge is 0.277 e. The first-order valence-corrected chi connectivity index (χ1v) is 6.46. The number of nitrogens with zero attached hydrogens (tertiary/aromatic N) is 1. The van der Waals surface area contributed by atoms with Crippen LogP contribution in [-0.2, 0) is 0 Å². The van der Waals surface area contributed by atoms with Crippen molar-refractivity contribution in [1.29, 1.82) is 0 Å². The van der Waals surface area contributed by atoms with E-state index in [4.69, 9.17) is 11.6 Å². The second-order valence-corrected chi connectivity index (χ2v) is 4.97. The second-order valence-electron chi connectivity index (χ2n) is 4.56. The highest BCUT2D eigenvalue weighted by atomic mass is 35.5. The van der Waals surface area contributed by atoms with Crippen LogP contribution in [0.4, 0.5) is 0 Å². The van der Waals surface area contributed by atoms with Gasteiger partial charge in [-0.3, -0.25) is 14.7 Å². The van der Waals surface area contributed by atoms with Gasteiger partial charge in [0.15, 0.2) is 0 Å². The summed E-state index contributed by atoms with van der Waals surface area (Å²) in [5.41, 5.74) is 0.858. The van der Waals surface area contributed by atoms with Crippen LogP contribution in [0.5, 0.6) is 0 Å². The molecule has 0 bridgehead atoms. The number of aryl methyl sites for hydroxylation is 1. The summed E-state index contributed by atoms with van der Waals surface area (Å²) in [5, 5.41) is 3.88. The lowest BCUT2D eigenvalue weighted by Gasteiger charge is -2.08. The summed E-state index contributed by atoms with van der Waals surface area (Å²) in [7, 11) is 0. The normalized spacial score (nSPS) is 10.9. The van der Waals surface area contributed by atoms with Crippen molar-refractivity contribution >= 4 is 22.4 Å². The number of nitrogens with one attached hydrogen (secondary N) is 1. The average Bonchev–Trinajstić information content (AvgIpc) is 2.46. The Morgan fingerprint density at radius 1 is 1.05 bits per heavy atom. The Hall–Kier alpha value is -2.33. The smallest absolute Gasteiger partial charge is 0.267 e. The number of aromatic nitrogens is 2. The van der Waals surface area contributed by atoms with Crippen LogP contribution in [-0.4, -0.2) is 9.78 Å². The van der Waals surface area contributed by atoms with Crippen molar-refractivity contribution in [2.45, 2.75) is 6.92 Å². The Kier molecular flexibility index (Phi) is 2.95. The molecule has 0 radical (unpaired) electrons. The topological polar surface area (TPSA) is 54.9 Å². The minimum atomic E-state index is -0.308. The van der Waals surface area contributed by atoms with Crippen LogP contribution < -0.4 is 11.1 Å². The van der Waals surface area contributed by atoms with Crippen LogP contribution in [0.25, 0.3) is 16.5 Å². The van der Waals surface area contributed by atoms with E-state index in [-0.39, 0.29) is 11.1 Å².